The van der Waals surface area contributed by atoms with Crippen LogP contribution in [0.2, 0.25) is 0 Å². The van der Waals surface area contributed by atoms with E-state index in [2.05, 4.69) is 20.6 Å². The van der Waals surface area contributed by atoms with Crippen LogP contribution in [-0.2, 0) is 32.1 Å². The van der Waals surface area contributed by atoms with E-state index in [-0.39, 0.29) is 41.7 Å². The molecule has 0 radical (unpaired) electrons. The highest BCUT2D eigenvalue weighted by Gasteiger charge is 2.52. The Kier molecular flexibility index (Phi) is 8.12. The lowest BCUT2D eigenvalue weighted by atomic mass is 9.54. The highest BCUT2D eigenvalue weighted by Crippen LogP contribution is 2.56. The number of carbonyl (C=O) groups excluding carboxylic acids is 3. The molecule has 0 saturated heterocycles. The van der Waals surface area contributed by atoms with Crippen LogP contribution in [0.5, 0.6) is 5.75 Å². The molecule has 3 saturated carbocycles. The fraction of sp³-hybridized carbons (Fsp3) is 0.484. The number of methoxy groups -OCH3 is 1. The second kappa shape index (κ2) is 11.9. The van der Waals surface area contributed by atoms with Crippen molar-refractivity contribution in [2.75, 3.05) is 25.6 Å². The number of ether oxygens (including phenoxy) is 2. The molecule has 5 aliphatic rings. The molecule has 1 unspecified atom stereocenters. The molecule has 3 aromatic rings. The summed E-state index contributed by atoms with van der Waals surface area (Å²) in [7, 11) is 1.50. The molecule has 13 nitrogen and oxygen atoms in total. The van der Waals surface area contributed by atoms with E-state index in [1.165, 1.54) is 18.4 Å². The quantitative estimate of drug-likeness (QED) is 0.250. The summed E-state index contributed by atoms with van der Waals surface area (Å²) in [5.41, 5.74) is 7.27. The highest BCUT2D eigenvalue weighted by atomic mass is 32.1. The van der Waals surface area contributed by atoms with E-state index in [4.69, 9.17) is 15.2 Å². The number of amides is 2. The number of esters is 1. The van der Waals surface area contributed by atoms with Gasteiger partial charge < -0.3 is 35.9 Å². The molecule has 0 spiro atoms. The summed E-state index contributed by atoms with van der Waals surface area (Å²) in [4.78, 5) is 67.8. The summed E-state index contributed by atoms with van der Waals surface area (Å²) < 4.78 is 10.2. The molecule has 1 atom stereocenters. The molecule has 2 bridgehead atoms. The molecule has 3 heterocycles. The van der Waals surface area contributed by atoms with Gasteiger partial charge in [-0.3, -0.25) is 24.0 Å². The van der Waals surface area contributed by atoms with Crippen LogP contribution in [0.1, 0.15) is 77.5 Å². The fourth-order valence-corrected chi connectivity index (χ4v) is 8.25. The number of nitrogens with zero attached hydrogens (tertiary/aromatic N) is 1. The van der Waals surface area contributed by atoms with Crippen molar-refractivity contribution in [2.24, 2.45) is 16.6 Å². The summed E-state index contributed by atoms with van der Waals surface area (Å²) >= 11 is 1.25. The van der Waals surface area contributed by atoms with E-state index in [0.717, 1.165) is 55.5 Å². The van der Waals surface area contributed by atoms with Crippen LogP contribution in [0, 0.1) is 10.8 Å². The Hall–Kier alpha value is -4.30. The van der Waals surface area contributed by atoms with Crippen molar-refractivity contribution in [1.82, 2.24) is 15.3 Å². The lowest BCUT2D eigenvalue weighted by Gasteiger charge is -2.51. The van der Waals surface area contributed by atoms with Gasteiger partial charge in [-0.25, -0.2) is 4.98 Å². The summed E-state index contributed by atoms with van der Waals surface area (Å²) in [6.45, 7) is 0.889. The number of hydrogen-bond donors (Lipinski definition) is 5. The number of aromatic nitrogens is 2. The average molecular weight is 638 g/mol. The molecule has 238 valence electrons. The van der Waals surface area contributed by atoms with Crippen LogP contribution in [0.15, 0.2) is 23.0 Å². The Bertz CT molecular complexity index is 1740. The number of anilines is 1. The van der Waals surface area contributed by atoms with Gasteiger partial charge in [-0.2, -0.15) is 0 Å². The third-order valence-electron chi connectivity index (χ3n) is 9.78. The number of carboxylic acids is 1. The van der Waals surface area contributed by atoms with Crippen molar-refractivity contribution >= 4 is 51.0 Å². The maximum Gasteiger partial charge on any atom is 0.311 e. The first kappa shape index (κ1) is 30.7. The zero-order valence-corrected chi connectivity index (χ0v) is 25.6. The van der Waals surface area contributed by atoms with Gasteiger partial charge in [0.2, 0.25) is 5.82 Å². The Morgan fingerprint density at radius 2 is 1.91 bits per heavy atom. The van der Waals surface area contributed by atoms with Crippen molar-refractivity contribution in [3.05, 3.63) is 50.4 Å². The lowest BCUT2D eigenvalue weighted by molar-refractivity contribution is -0.162. The molecular formula is C31H35N5O8S. The smallest absolute Gasteiger partial charge is 0.311 e. The molecule has 8 rings (SSSR count). The van der Waals surface area contributed by atoms with Crippen LogP contribution in [0.4, 0.5) is 5.69 Å². The second-order valence-electron chi connectivity index (χ2n) is 12.3. The normalized spacial score (nSPS) is 24.4. The largest absolute Gasteiger partial charge is 0.482 e. The number of thiophene rings is 1. The number of aryl methyl sites for hydroxylation is 1. The summed E-state index contributed by atoms with van der Waals surface area (Å²) in [6.07, 6.45) is 7.31. The van der Waals surface area contributed by atoms with Gasteiger partial charge in [-0.05, 0) is 86.6 Å². The van der Waals surface area contributed by atoms with Gasteiger partial charge >= 0.3 is 11.9 Å². The Balaban J connectivity index is 0.000000213. The number of benzene rings is 1. The molecular weight excluding hydrogens is 602 g/mol. The van der Waals surface area contributed by atoms with Gasteiger partial charge in [0.1, 0.15) is 10.6 Å². The Morgan fingerprint density at radius 3 is 2.58 bits per heavy atom. The number of nitrogens with one attached hydrogen (secondary N) is 3. The number of carbonyl (C=O) groups is 4. The topological polar surface area (TPSA) is 203 Å². The van der Waals surface area contributed by atoms with Gasteiger partial charge in [0.25, 0.3) is 17.4 Å². The van der Waals surface area contributed by atoms with Crippen molar-refractivity contribution in [3.63, 3.8) is 0 Å². The highest BCUT2D eigenvalue weighted by molar-refractivity contribution is 7.18. The standard InChI is InChI=1S/C20H16N4O6S.C11H19NO2/c25-13-7-30-11-3-1-8(5-10(11)22-13)6-21-18(27)16-23-17(26)15-14-9(20(28)29)2-4-12(14)31-19(15)24-16;1-14-9(13)11-5-2-10(8-12,3-6-11)4-7-11/h1,3,5,9H,2,4,6-7H2,(H,21,27)(H,22,25)(H,28,29)(H,23,24,26);2-8,12H2,1H3. The number of fused-ring (bicyclic) bond motifs is 7. The van der Waals surface area contributed by atoms with Crippen LogP contribution < -0.4 is 26.7 Å². The van der Waals surface area contributed by atoms with E-state index in [9.17, 15) is 29.1 Å². The molecule has 3 fully saturated rings. The molecule has 2 amide bonds. The number of aliphatic carboxylic acids is 1. The van der Waals surface area contributed by atoms with Crippen molar-refractivity contribution in [1.29, 1.82) is 0 Å². The third-order valence-corrected chi connectivity index (χ3v) is 10.9. The number of aromatic amines is 1. The van der Waals surface area contributed by atoms with Crippen molar-refractivity contribution < 1.29 is 33.8 Å². The average Bonchev–Trinajstić information content (AvgIpc) is 3.63. The Labute approximate surface area is 261 Å². The maximum absolute atomic E-state index is 12.6. The van der Waals surface area contributed by atoms with E-state index in [1.54, 1.807) is 18.2 Å². The first-order valence-electron chi connectivity index (χ1n) is 15.0. The first-order valence-corrected chi connectivity index (χ1v) is 15.8. The van der Waals surface area contributed by atoms with Crippen LogP contribution >= 0.6 is 11.3 Å². The SMILES string of the molecule is COC(=O)C12CCC(CN)(CC1)CC2.O=C1COc2ccc(CNC(=O)c3nc4sc5c(c4c(=O)[nH]3)C(C(=O)O)CC5)cc2N1. The molecule has 4 aliphatic carbocycles. The van der Waals surface area contributed by atoms with Gasteiger partial charge in [-0.1, -0.05) is 6.07 Å². The van der Waals surface area contributed by atoms with Gasteiger partial charge in [0.15, 0.2) is 6.61 Å². The molecule has 45 heavy (non-hydrogen) atoms. The molecule has 14 heteroatoms. The number of hydrogen-bond acceptors (Lipinski definition) is 10. The van der Waals surface area contributed by atoms with E-state index in [1.807, 2.05) is 0 Å². The summed E-state index contributed by atoms with van der Waals surface area (Å²) in [5, 5.41) is 15.1. The minimum Gasteiger partial charge on any atom is -0.482 e. The second-order valence-corrected chi connectivity index (χ2v) is 13.4. The van der Waals surface area contributed by atoms with Crippen LogP contribution in [0.25, 0.3) is 10.2 Å². The third kappa shape index (κ3) is 5.68. The van der Waals surface area contributed by atoms with Gasteiger partial charge in [-0.15, -0.1) is 11.3 Å². The van der Waals surface area contributed by atoms with Gasteiger partial charge in [0.05, 0.1) is 29.5 Å². The van der Waals surface area contributed by atoms with Gasteiger partial charge in [0, 0.05) is 11.4 Å². The maximum atomic E-state index is 12.6. The fourth-order valence-electron chi connectivity index (χ4n) is 7.00. The summed E-state index contributed by atoms with van der Waals surface area (Å²) in [6, 6.07) is 5.15. The van der Waals surface area contributed by atoms with E-state index < -0.39 is 23.4 Å². The number of H-pyrrole nitrogens is 1. The first-order chi connectivity index (χ1) is 21.6. The Morgan fingerprint density at radius 1 is 1.18 bits per heavy atom. The molecule has 6 N–H and O–H groups in total. The van der Waals surface area contributed by atoms with Crippen molar-refractivity contribution in [2.45, 2.75) is 63.8 Å². The van der Waals surface area contributed by atoms with Crippen molar-refractivity contribution in [3.8, 4) is 5.75 Å². The van der Waals surface area contributed by atoms with Crippen LogP contribution in [-0.4, -0.2) is 59.1 Å². The minimum absolute atomic E-state index is 0.00261. The number of nitrogens with two attached hydrogens (primary N) is 1. The molecule has 1 aromatic carbocycles. The monoisotopic (exact) mass is 637 g/mol. The zero-order valence-electron chi connectivity index (χ0n) is 24.8. The predicted octanol–water partition coefficient (Wildman–Crippen LogP) is 2.82. The predicted molar refractivity (Wildman–Crippen MR) is 164 cm³/mol. The summed E-state index contributed by atoms with van der Waals surface area (Å²) in [5.74, 6) is -2.10. The zero-order chi connectivity index (χ0) is 31.9. The van der Waals surface area contributed by atoms with E-state index >= 15 is 0 Å². The van der Waals surface area contributed by atoms with E-state index in [0.29, 0.717) is 40.1 Å². The molecule has 2 aromatic heterocycles. The minimum atomic E-state index is -0.966. The number of rotatable bonds is 6. The molecule has 1 aliphatic heterocycles. The lowest BCUT2D eigenvalue weighted by Crippen LogP contribution is -2.49. The van der Waals surface area contributed by atoms with Crippen LogP contribution in [0.3, 0.4) is 0 Å². The number of carboxylic acid groups (broad SMARTS) is 1.